The van der Waals surface area contributed by atoms with Crippen molar-refractivity contribution in [2.75, 3.05) is 32.0 Å². The van der Waals surface area contributed by atoms with Gasteiger partial charge in [0.05, 0.1) is 17.9 Å². The SMILES string of the molecule is CC1=C(C(=O)N2CCC[C@H](N3CCCS3(=O)=O)C2)CCCO1. The lowest BCUT2D eigenvalue weighted by Crippen LogP contribution is -2.50. The van der Waals surface area contributed by atoms with Gasteiger partial charge in [-0.1, -0.05) is 0 Å². The molecule has 0 saturated carbocycles. The molecule has 0 aromatic carbocycles. The first kappa shape index (κ1) is 15.8. The average Bonchev–Trinajstić information content (AvgIpc) is 2.86. The largest absolute Gasteiger partial charge is 0.498 e. The van der Waals surface area contributed by atoms with Crippen LogP contribution < -0.4 is 0 Å². The molecule has 22 heavy (non-hydrogen) atoms. The summed E-state index contributed by atoms with van der Waals surface area (Å²) in [4.78, 5) is 14.5. The van der Waals surface area contributed by atoms with Gasteiger partial charge in [0.15, 0.2) is 0 Å². The van der Waals surface area contributed by atoms with Crippen molar-refractivity contribution in [3.05, 3.63) is 11.3 Å². The zero-order valence-corrected chi connectivity index (χ0v) is 13.9. The molecule has 6 nitrogen and oxygen atoms in total. The maximum absolute atomic E-state index is 12.7. The van der Waals surface area contributed by atoms with E-state index in [2.05, 4.69) is 0 Å². The molecule has 0 bridgehead atoms. The normalized spacial score (nSPS) is 29.5. The lowest BCUT2D eigenvalue weighted by molar-refractivity contribution is -0.129. The predicted octanol–water partition coefficient (Wildman–Crippen LogP) is 1.10. The predicted molar refractivity (Wildman–Crippen MR) is 82.6 cm³/mol. The number of allylic oxidation sites excluding steroid dienone is 1. The molecule has 0 radical (unpaired) electrons. The number of rotatable bonds is 2. The zero-order chi connectivity index (χ0) is 15.7. The van der Waals surface area contributed by atoms with Crippen molar-refractivity contribution in [3.63, 3.8) is 0 Å². The molecule has 124 valence electrons. The maximum Gasteiger partial charge on any atom is 0.253 e. The zero-order valence-electron chi connectivity index (χ0n) is 13.1. The standard InChI is InChI=1S/C15H24N2O4S/c1-12-14(6-3-9-21-12)15(18)16-7-2-5-13(11-16)17-8-4-10-22(17,19)20/h13H,2-11H2,1H3/t13-/m0/s1. The van der Waals surface area contributed by atoms with Crippen molar-refractivity contribution in [1.82, 2.24) is 9.21 Å². The molecule has 3 aliphatic heterocycles. The molecule has 0 N–H and O–H groups in total. The van der Waals surface area contributed by atoms with Crippen LogP contribution in [0.4, 0.5) is 0 Å². The van der Waals surface area contributed by atoms with Crippen molar-refractivity contribution in [1.29, 1.82) is 0 Å². The topological polar surface area (TPSA) is 66.9 Å². The van der Waals surface area contributed by atoms with E-state index in [1.54, 1.807) is 4.31 Å². The summed E-state index contributed by atoms with van der Waals surface area (Å²) in [6.45, 7) is 4.34. The Morgan fingerprint density at radius 2 is 2.05 bits per heavy atom. The molecule has 1 amide bonds. The molecule has 3 aliphatic rings. The van der Waals surface area contributed by atoms with Gasteiger partial charge in [-0.3, -0.25) is 4.79 Å². The lowest BCUT2D eigenvalue weighted by atomic mass is 10.0. The molecule has 0 aliphatic carbocycles. The van der Waals surface area contributed by atoms with E-state index in [-0.39, 0.29) is 17.7 Å². The van der Waals surface area contributed by atoms with Crippen molar-refractivity contribution in [2.24, 2.45) is 0 Å². The van der Waals surface area contributed by atoms with E-state index in [9.17, 15) is 13.2 Å². The van der Waals surface area contributed by atoms with Crippen LogP contribution in [-0.4, -0.2) is 61.6 Å². The number of carbonyl (C=O) groups excluding carboxylic acids is 1. The Kier molecular flexibility index (Phi) is 4.45. The molecule has 3 rings (SSSR count). The van der Waals surface area contributed by atoms with Gasteiger partial charge >= 0.3 is 0 Å². The molecule has 2 saturated heterocycles. The van der Waals surface area contributed by atoms with Crippen molar-refractivity contribution in [2.45, 2.75) is 45.1 Å². The Morgan fingerprint density at radius 3 is 2.73 bits per heavy atom. The number of likely N-dealkylation sites (tertiary alicyclic amines) is 1. The highest BCUT2D eigenvalue weighted by Gasteiger charge is 2.38. The molecule has 0 unspecified atom stereocenters. The number of nitrogens with zero attached hydrogens (tertiary/aromatic N) is 2. The molecule has 1 atom stereocenters. The number of ether oxygens (including phenoxy) is 1. The molecule has 0 aromatic rings. The number of piperidine rings is 1. The number of carbonyl (C=O) groups is 1. The smallest absolute Gasteiger partial charge is 0.253 e. The van der Waals surface area contributed by atoms with Crippen molar-refractivity contribution >= 4 is 15.9 Å². The van der Waals surface area contributed by atoms with Crippen LogP contribution in [0.15, 0.2) is 11.3 Å². The molecular formula is C15H24N2O4S. The lowest BCUT2D eigenvalue weighted by Gasteiger charge is -2.37. The second kappa shape index (κ2) is 6.20. The van der Waals surface area contributed by atoms with Gasteiger partial charge < -0.3 is 9.64 Å². The van der Waals surface area contributed by atoms with Gasteiger partial charge in [0, 0.05) is 25.7 Å². The fourth-order valence-electron chi connectivity index (χ4n) is 3.63. The van der Waals surface area contributed by atoms with E-state index < -0.39 is 10.0 Å². The average molecular weight is 328 g/mol. The van der Waals surface area contributed by atoms with Crippen LogP contribution in [0, 0.1) is 0 Å². The van der Waals surface area contributed by atoms with Gasteiger partial charge in [0.2, 0.25) is 10.0 Å². The van der Waals surface area contributed by atoms with E-state index in [0.29, 0.717) is 32.7 Å². The fraction of sp³-hybridized carbons (Fsp3) is 0.800. The molecule has 0 spiro atoms. The quantitative estimate of drug-likeness (QED) is 0.761. The minimum absolute atomic E-state index is 0.0264. The van der Waals surface area contributed by atoms with Gasteiger partial charge in [-0.05, 0) is 39.0 Å². The van der Waals surface area contributed by atoms with Gasteiger partial charge in [-0.15, -0.1) is 0 Å². The third-order valence-electron chi connectivity index (χ3n) is 4.80. The second-order valence-electron chi connectivity index (χ2n) is 6.31. The molecule has 0 aromatic heterocycles. The fourth-order valence-corrected chi connectivity index (χ4v) is 5.39. The van der Waals surface area contributed by atoms with Crippen LogP contribution in [0.5, 0.6) is 0 Å². The van der Waals surface area contributed by atoms with Crippen molar-refractivity contribution < 1.29 is 17.9 Å². The first-order valence-corrected chi connectivity index (χ1v) is 9.71. The summed E-state index contributed by atoms with van der Waals surface area (Å²) < 4.78 is 31.3. The highest BCUT2D eigenvalue weighted by molar-refractivity contribution is 7.89. The second-order valence-corrected chi connectivity index (χ2v) is 8.36. The first-order valence-electron chi connectivity index (χ1n) is 8.10. The van der Waals surface area contributed by atoms with Crippen LogP contribution in [-0.2, 0) is 19.6 Å². The Morgan fingerprint density at radius 1 is 1.23 bits per heavy atom. The third kappa shape index (κ3) is 3.01. The summed E-state index contributed by atoms with van der Waals surface area (Å²) in [6, 6.07) is -0.0596. The maximum atomic E-state index is 12.7. The Balaban J connectivity index is 1.72. The number of hydrogen-bond acceptors (Lipinski definition) is 4. The third-order valence-corrected chi connectivity index (χ3v) is 6.80. The Labute approximate surface area is 132 Å². The molecule has 2 fully saturated rings. The van der Waals surface area contributed by atoms with E-state index in [1.165, 1.54) is 0 Å². The highest BCUT2D eigenvalue weighted by Crippen LogP contribution is 2.27. The minimum Gasteiger partial charge on any atom is -0.498 e. The number of hydrogen-bond donors (Lipinski definition) is 0. The molecule has 3 heterocycles. The summed E-state index contributed by atoms with van der Waals surface area (Å²) in [7, 11) is -3.11. The summed E-state index contributed by atoms with van der Waals surface area (Å²) >= 11 is 0. The monoisotopic (exact) mass is 328 g/mol. The summed E-state index contributed by atoms with van der Waals surface area (Å²) in [5, 5.41) is 0. The molecular weight excluding hydrogens is 304 g/mol. The number of sulfonamides is 1. The Hall–Kier alpha value is -1.08. The minimum atomic E-state index is -3.11. The van der Waals surface area contributed by atoms with Crippen LogP contribution in [0.2, 0.25) is 0 Å². The van der Waals surface area contributed by atoms with Crippen molar-refractivity contribution in [3.8, 4) is 0 Å². The summed E-state index contributed by atoms with van der Waals surface area (Å²) in [6.07, 6.45) is 4.03. The van der Waals surface area contributed by atoms with E-state index >= 15 is 0 Å². The van der Waals surface area contributed by atoms with Gasteiger partial charge in [-0.25, -0.2) is 8.42 Å². The van der Waals surface area contributed by atoms with E-state index in [1.807, 2.05) is 11.8 Å². The van der Waals surface area contributed by atoms with Crippen LogP contribution >= 0.6 is 0 Å². The van der Waals surface area contributed by atoms with E-state index in [4.69, 9.17) is 4.74 Å². The highest BCUT2D eigenvalue weighted by atomic mass is 32.2. The number of amides is 1. The summed E-state index contributed by atoms with van der Waals surface area (Å²) in [5.41, 5.74) is 0.760. The van der Waals surface area contributed by atoms with Crippen LogP contribution in [0.3, 0.4) is 0 Å². The van der Waals surface area contributed by atoms with Gasteiger partial charge in [0.25, 0.3) is 5.91 Å². The van der Waals surface area contributed by atoms with Gasteiger partial charge in [-0.2, -0.15) is 4.31 Å². The van der Waals surface area contributed by atoms with Gasteiger partial charge in [0.1, 0.15) is 5.76 Å². The first-order chi connectivity index (χ1) is 10.5. The van der Waals surface area contributed by atoms with Crippen LogP contribution in [0.1, 0.15) is 39.0 Å². The summed E-state index contributed by atoms with van der Waals surface area (Å²) in [5.74, 6) is 1.00. The molecule has 7 heteroatoms. The van der Waals surface area contributed by atoms with Crippen LogP contribution in [0.25, 0.3) is 0 Å². The Bertz CT molecular complexity index is 584. The van der Waals surface area contributed by atoms with E-state index in [0.717, 1.165) is 37.0 Å².